The maximum atomic E-state index is 12.2. The predicted octanol–water partition coefficient (Wildman–Crippen LogP) is 1.96. The number of aromatic hydroxyl groups is 1. The van der Waals surface area contributed by atoms with Gasteiger partial charge in [-0.05, 0) is 6.92 Å². The molecule has 1 aromatic heterocycles. The number of hydrogen-bond donors (Lipinski definition) is 1. The normalized spacial score (nSPS) is 12.1. The highest BCUT2D eigenvalue weighted by molar-refractivity contribution is 8.13. The minimum atomic E-state index is -4.09. The lowest BCUT2D eigenvalue weighted by molar-refractivity contribution is 0.141. The molecule has 0 spiro atoms. The monoisotopic (exact) mass is 257 g/mol. The summed E-state index contributed by atoms with van der Waals surface area (Å²) in [7, 11) is 0.908. The number of pyridine rings is 1. The van der Waals surface area contributed by atoms with Crippen LogP contribution in [-0.2, 0) is 9.05 Å². The standard InChI is InChI=1S/C7H6ClF2NO3S/c1-3-4(15(8,13)14)2-11-5(6(3)12)7(9)10/h2,7,12H,1H3. The van der Waals surface area contributed by atoms with Gasteiger partial charge in [-0.15, -0.1) is 0 Å². The fraction of sp³-hybridized carbons (Fsp3) is 0.286. The van der Waals surface area contributed by atoms with E-state index in [-0.39, 0.29) is 5.56 Å². The number of alkyl halides is 2. The molecule has 15 heavy (non-hydrogen) atoms. The van der Waals surface area contributed by atoms with E-state index < -0.39 is 31.8 Å². The zero-order valence-electron chi connectivity index (χ0n) is 7.41. The highest BCUT2D eigenvalue weighted by atomic mass is 35.7. The van der Waals surface area contributed by atoms with Gasteiger partial charge in [0.1, 0.15) is 16.3 Å². The van der Waals surface area contributed by atoms with E-state index in [2.05, 4.69) is 4.98 Å². The number of nitrogens with zero attached hydrogens (tertiary/aromatic N) is 1. The van der Waals surface area contributed by atoms with Crippen LogP contribution in [0.25, 0.3) is 0 Å². The van der Waals surface area contributed by atoms with Crippen molar-refractivity contribution in [3.8, 4) is 5.75 Å². The van der Waals surface area contributed by atoms with Crippen molar-refractivity contribution < 1.29 is 22.3 Å². The first-order valence-corrected chi connectivity index (χ1v) is 5.97. The Bertz CT molecular complexity index is 489. The average Bonchev–Trinajstić information content (AvgIpc) is 2.06. The van der Waals surface area contributed by atoms with E-state index in [0.29, 0.717) is 6.20 Å². The molecule has 0 saturated carbocycles. The Morgan fingerprint density at radius 3 is 2.47 bits per heavy atom. The van der Waals surface area contributed by atoms with Crippen molar-refractivity contribution in [2.75, 3.05) is 0 Å². The Balaban J connectivity index is 3.48. The van der Waals surface area contributed by atoms with Crippen LogP contribution in [-0.4, -0.2) is 18.5 Å². The minimum Gasteiger partial charge on any atom is -0.505 e. The largest absolute Gasteiger partial charge is 0.505 e. The molecule has 0 aliphatic heterocycles. The summed E-state index contributed by atoms with van der Waals surface area (Å²) in [5, 5.41) is 9.25. The molecule has 8 heteroatoms. The fourth-order valence-corrected chi connectivity index (χ4v) is 2.11. The molecule has 0 saturated heterocycles. The van der Waals surface area contributed by atoms with Crippen molar-refractivity contribution in [1.29, 1.82) is 0 Å². The summed E-state index contributed by atoms with van der Waals surface area (Å²) in [4.78, 5) is 2.66. The van der Waals surface area contributed by atoms with Gasteiger partial charge in [0.25, 0.3) is 15.5 Å². The minimum absolute atomic E-state index is 0.240. The molecule has 0 bridgehead atoms. The summed E-state index contributed by atoms with van der Waals surface area (Å²) in [5.74, 6) is -0.855. The second-order valence-corrected chi connectivity index (χ2v) is 5.25. The second kappa shape index (κ2) is 3.90. The van der Waals surface area contributed by atoms with E-state index in [1.165, 1.54) is 0 Å². The molecule has 1 aromatic rings. The summed E-state index contributed by atoms with van der Waals surface area (Å²) in [6.45, 7) is 1.16. The van der Waals surface area contributed by atoms with E-state index in [4.69, 9.17) is 10.7 Å². The van der Waals surface area contributed by atoms with Crippen LogP contribution in [0.5, 0.6) is 5.75 Å². The summed E-state index contributed by atoms with van der Waals surface area (Å²) in [6.07, 6.45) is -2.28. The van der Waals surface area contributed by atoms with E-state index >= 15 is 0 Å². The van der Waals surface area contributed by atoms with Crippen molar-refractivity contribution in [2.45, 2.75) is 18.2 Å². The van der Waals surface area contributed by atoms with Gasteiger partial charge in [0.2, 0.25) is 0 Å². The third-order valence-corrected chi connectivity index (χ3v) is 3.19. The summed E-state index contributed by atoms with van der Waals surface area (Å²) in [6, 6.07) is 0. The van der Waals surface area contributed by atoms with Crippen LogP contribution in [0.3, 0.4) is 0 Å². The fourth-order valence-electron chi connectivity index (χ4n) is 1.00. The molecule has 0 radical (unpaired) electrons. The first-order chi connectivity index (χ1) is 6.75. The molecule has 1 heterocycles. The topological polar surface area (TPSA) is 67.3 Å². The quantitative estimate of drug-likeness (QED) is 0.823. The van der Waals surface area contributed by atoms with Crippen LogP contribution in [0.1, 0.15) is 17.7 Å². The third-order valence-electron chi connectivity index (χ3n) is 1.76. The molecule has 0 aliphatic rings. The first-order valence-electron chi connectivity index (χ1n) is 3.66. The van der Waals surface area contributed by atoms with Gasteiger partial charge in [-0.3, -0.25) is 0 Å². The Hall–Kier alpha value is -0.950. The molecule has 0 fully saturated rings. The number of rotatable bonds is 2. The third kappa shape index (κ3) is 2.35. The molecule has 0 atom stereocenters. The van der Waals surface area contributed by atoms with E-state index in [0.717, 1.165) is 6.92 Å². The predicted molar refractivity (Wildman–Crippen MR) is 48.6 cm³/mol. The molecule has 84 valence electrons. The van der Waals surface area contributed by atoms with Crippen LogP contribution in [0.4, 0.5) is 8.78 Å². The van der Waals surface area contributed by atoms with Gasteiger partial charge in [0, 0.05) is 22.4 Å². The molecule has 0 aliphatic carbocycles. The highest BCUT2D eigenvalue weighted by Crippen LogP contribution is 2.33. The smallest absolute Gasteiger partial charge is 0.284 e. The van der Waals surface area contributed by atoms with Gasteiger partial charge < -0.3 is 5.11 Å². The van der Waals surface area contributed by atoms with Gasteiger partial charge in [0.15, 0.2) is 0 Å². The van der Waals surface area contributed by atoms with Crippen LogP contribution in [0.2, 0.25) is 0 Å². The molecule has 4 nitrogen and oxygen atoms in total. The lowest BCUT2D eigenvalue weighted by Crippen LogP contribution is -2.00. The maximum absolute atomic E-state index is 12.2. The highest BCUT2D eigenvalue weighted by Gasteiger charge is 2.23. The average molecular weight is 258 g/mol. The lowest BCUT2D eigenvalue weighted by Gasteiger charge is -2.07. The number of halogens is 3. The Labute approximate surface area is 88.9 Å². The zero-order chi connectivity index (χ0) is 11.8. The van der Waals surface area contributed by atoms with E-state index in [9.17, 15) is 22.3 Å². The van der Waals surface area contributed by atoms with Gasteiger partial charge in [-0.1, -0.05) is 0 Å². The Morgan fingerprint density at radius 2 is 2.07 bits per heavy atom. The van der Waals surface area contributed by atoms with Crippen LogP contribution < -0.4 is 0 Å². The van der Waals surface area contributed by atoms with Crippen LogP contribution in [0.15, 0.2) is 11.1 Å². The summed E-state index contributed by atoms with van der Waals surface area (Å²) >= 11 is 0. The first kappa shape index (κ1) is 12.1. The van der Waals surface area contributed by atoms with Gasteiger partial charge in [-0.2, -0.15) is 0 Å². The van der Waals surface area contributed by atoms with Crippen molar-refractivity contribution in [1.82, 2.24) is 4.98 Å². The van der Waals surface area contributed by atoms with E-state index in [1.807, 2.05) is 0 Å². The van der Waals surface area contributed by atoms with Gasteiger partial charge >= 0.3 is 0 Å². The molecular weight excluding hydrogens is 252 g/mol. The van der Waals surface area contributed by atoms with Crippen LogP contribution in [0, 0.1) is 6.92 Å². The second-order valence-electron chi connectivity index (χ2n) is 2.72. The van der Waals surface area contributed by atoms with Gasteiger partial charge in [0.05, 0.1) is 0 Å². The lowest BCUT2D eigenvalue weighted by atomic mass is 10.2. The Morgan fingerprint density at radius 1 is 1.53 bits per heavy atom. The number of aromatic nitrogens is 1. The molecule has 0 unspecified atom stereocenters. The van der Waals surface area contributed by atoms with Gasteiger partial charge in [-0.25, -0.2) is 22.2 Å². The molecule has 1 N–H and O–H groups in total. The maximum Gasteiger partial charge on any atom is 0.284 e. The van der Waals surface area contributed by atoms with E-state index in [1.54, 1.807) is 0 Å². The van der Waals surface area contributed by atoms with Crippen molar-refractivity contribution in [3.05, 3.63) is 17.5 Å². The number of hydrogen-bond acceptors (Lipinski definition) is 4. The molecule has 0 amide bonds. The molecular formula is C7H6ClF2NO3S. The SMILES string of the molecule is Cc1c(S(=O)(=O)Cl)cnc(C(F)F)c1O. The van der Waals surface area contributed by atoms with Crippen LogP contribution >= 0.6 is 10.7 Å². The van der Waals surface area contributed by atoms with Crippen molar-refractivity contribution in [2.24, 2.45) is 0 Å². The zero-order valence-corrected chi connectivity index (χ0v) is 8.98. The Kier molecular flexibility index (Phi) is 3.15. The summed E-state index contributed by atoms with van der Waals surface area (Å²) < 4.78 is 46.3. The van der Waals surface area contributed by atoms with Crippen molar-refractivity contribution in [3.63, 3.8) is 0 Å². The molecule has 1 rings (SSSR count). The molecule has 0 aromatic carbocycles. The summed E-state index contributed by atoms with van der Waals surface area (Å²) in [5.41, 5.74) is -1.10. The van der Waals surface area contributed by atoms with Crippen molar-refractivity contribution >= 4 is 19.7 Å².